The van der Waals surface area contributed by atoms with Crippen molar-refractivity contribution in [2.75, 3.05) is 37.7 Å². The van der Waals surface area contributed by atoms with Gasteiger partial charge < -0.3 is 14.9 Å². The highest BCUT2D eigenvalue weighted by molar-refractivity contribution is 5.85. The van der Waals surface area contributed by atoms with Crippen LogP contribution in [0.5, 0.6) is 0 Å². The smallest absolute Gasteiger partial charge is 0.230 e. The van der Waals surface area contributed by atoms with Gasteiger partial charge in [-0.3, -0.25) is 4.79 Å². The maximum Gasteiger partial charge on any atom is 0.230 e. The number of likely N-dealkylation sites (tertiary alicyclic amines) is 1. The summed E-state index contributed by atoms with van der Waals surface area (Å²) in [4.78, 5) is 21.6. The number of hydrogen-bond donors (Lipinski definition) is 1. The van der Waals surface area contributed by atoms with E-state index in [1.807, 2.05) is 12.1 Å². The quantitative estimate of drug-likeness (QED) is 0.904. The van der Waals surface area contributed by atoms with Crippen LogP contribution < -0.4 is 4.90 Å². The first-order valence-corrected chi connectivity index (χ1v) is 9.07. The van der Waals surface area contributed by atoms with Crippen molar-refractivity contribution in [3.8, 4) is 6.07 Å². The van der Waals surface area contributed by atoms with Gasteiger partial charge in [0, 0.05) is 31.9 Å². The zero-order valence-electron chi connectivity index (χ0n) is 15.0. The number of piperidine rings is 1. The van der Waals surface area contributed by atoms with Crippen molar-refractivity contribution in [2.24, 2.45) is 5.41 Å². The highest BCUT2D eigenvalue weighted by Crippen LogP contribution is 2.41. The van der Waals surface area contributed by atoms with E-state index in [1.165, 1.54) is 0 Å². The Morgan fingerprint density at radius 3 is 2.84 bits per heavy atom. The average Bonchev–Trinajstić information content (AvgIpc) is 3.03. The Labute approximate surface area is 149 Å². The number of β-amino-alcohol motifs (C(OH)–C–C–N with tert-alkyl or cyclic N) is 1. The summed E-state index contributed by atoms with van der Waals surface area (Å²) in [6, 6.07) is 5.98. The molecule has 25 heavy (non-hydrogen) atoms. The maximum absolute atomic E-state index is 12.9. The van der Waals surface area contributed by atoms with Gasteiger partial charge >= 0.3 is 0 Å². The number of nitriles is 1. The van der Waals surface area contributed by atoms with Crippen LogP contribution in [0.25, 0.3) is 0 Å². The summed E-state index contributed by atoms with van der Waals surface area (Å²) in [5, 5.41) is 18.7. The minimum Gasteiger partial charge on any atom is -0.395 e. The molecule has 1 N–H and O–H groups in total. The Hall–Kier alpha value is -2.13. The predicted octanol–water partition coefficient (Wildman–Crippen LogP) is 1.89. The van der Waals surface area contributed by atoms with Crippen LogP contribution in [-0.2, 0) is 4.79 Å². The van der Waals surface area contributed by atoms with Crippen molar-refractivity contribution in [2.45, 2.75) is 39.0 Å². The molecule has 1 amide bonds. The summed E-state index contributed by atoms with van der Waals surface area (Å²) in [6.45, 7) is 6.65. The van der Waals surface area contributed by atoms with Gasteiger partial charge in [0.2, 0.25) is 5.91 Å². The van der Waals surface area contributed by atoms with E-state index in [0.717, 1.165) is 38.0 Å². The number of anilines is 1. The zero-order valence-corrected chi connectivity index (χ0v) is 15.0. The van der Waals surface area contributed by atoms with Crippen molar-refractivity contribution >= 4 is 11.7 Å². The SMILES string of the molecule is CC(C)c1ccc(C#N)c(N2CCC3(CCCN(CCO)C3=O)C2)n1. The number of aliphatic hydroxyl groups is 1. The monoisotopic (exact) mass is 342 g/mol. The van der Waals surface area contributed by atoms with E-state index in [2.05, 4.69) is 24.8 Å². The highest BCUT2D eigenvalue weighted by atomic mass is 16.3. The normalized spacial score (nSPS) is 23.6. The number of rotatable bonds is 4. The minimum atomic E-state index is -0.393. The largest absolute Gasteiger partial charge is 0.395 e. The van der Waals surface area contributed by atoms with E-state index in [4.69, 9.17) is 4.98 Å². The highest BCUT2D eigenvalue weighted by Gasteiger charge is 2.48. The third kappa shape index (κ3) is 3.21. The molecular formula is C19H26N4O2. The molecule has 0 saturated carbocycles. The molecule has 2 aliphatic rings. The van der Waals surface area contributed by atoms with Crippen molar-refractivity contribution in [3.63, 3.8) is 0 Å². The molecule has 1 atom stereocenters. The first kappa shape index (κ1) is 17.7. The topological polar surface area (TPSA) is 80.5 Å². The Kier molecular flexibility index (Phi) is 4.96. The van der Waals surface area contributed by atoms with E-state index < -0.39 is 5.41 Å². The molecule has 0 bridgehead atoms. The molecule has 1 aromatic rings. The number of carbonyl (C=O) groups excluding carboxylic acids is 1. The van der Waals surface area contributed by atoms with Gasteiger partial charge in [0.1, 0.15) is 11.9 Å². The molecule has 6 heteroatoms. The van der Waals surface area contributed by atoms with E-state index in [0.29, 0.717) is 30.4 Å². The Bertz CT molecular complexity index is 695. The lowest BCUT2D eigenvalue weighted by Gasteiger charge is -2.39. The second-order valence-electron chi connectivity index (χ2n) is 7.45. The molecule has 3 heterocycles. The summed E-state index contributed by atoms with van der Waals surface area (Å²) >= 11 is 0. The molecule has 0 aliphatic carbocycles. The Morgan fingerprint density at radius 2 is 2.16 bits per heavy atom. The fourth-order valence-corrected chi connectivity index (χ4v) is 4.03. The molecule has 3 rings (SSSR count). The third-order valence-corrected chi connectivity index (χ3v) is 5.46. The lowest BCUT2D eigenvalue weighted by molar-refractivity contribution is -0.145. The minimum absolute atomic E-state index is 0.00209. The molecule has 1 spiro atoms. The van der Waals surface area contributed by atoms with Crippen LogP contribution in [0.3, 0.4) is 0 Å². The molecule has 6 nitrogen and oxygen atoms in total. The summed E-state index contributed by atoms with van der Waals surface area (Å²) in [5.74, 6) is 1.14. The lowest BCUT2D eigenvalue weighted by Crippen LogP contribution is -2.50. The van der Waals surface area contributed by atoms with Gasteiger partial charge in [-0.2, -0.15) is 5.26 Å². The van der Waals surface area contributed by atoms with Crippen LogP contribution in [0.15, 0.2) is 12.1 Å². The number of amides is 1. The average molecular weight is 342 g/mol. The number of pyridine rings is 1. The summed E-state index contributed by atoms with van der Waals surface area (Å²) in [5.41, 5.74) is 1.14. The van der Waals surface area contributed by atoms with Crippen molar-refractivity contribution < 1.29 is 9.90 Å². The third-order valence-electron chi connectivity index (χ3n) is 5.46. The summed E-state index contributed by atoms with van der Waals surface area (Å²) in [7, 11) is 0. The van der Waals surface area contributed by atoms with Gasteiger partial charge in [0.25, 0.3) is 0 Å². The molecule has 134 valence electrons. The Balaban J connectivity index is 1.86. The number of hydrogen-bond acceptors (Lipinski definition) is 5. The van der Waals surface area contributed by atoms with Crippen molar-refractivity contribution in [3.05, 3.63) is 23.4 Å². The van der Waals surface area contributed by atoms with E-state index in [1.54, 1.807) is 4.90 Å². The summed E-state index contributed by atoms with van der Waals surface area (Å²) in [6.07, 6.45) is 2.62. The molecule has 2 saturated heterocycles. The lowest BCUT2D eigenvalue weighted by atomic mass is 9.78. The summed E-state index contributed by atoms with van der Waals surface area (Å²) < 4.78 is 0. The van der Waals surface area contributed by atoms with Gasteiger partial charge in [0.05, 0.1) is 17.6 Å². The van der Waals surface area contributed by atoms with E-state index >= 15 is 0 Å². The predicted molar refractivity (Wildman–Crippen MR) is 95.2 cm³/mol. The van der Waals surface area contributed by atoms with Gasteiger partial charge in [-0.05, 0) is 37.3 Å². The number of aliphatic hydroxyl groups excluding tert-OH is 1. The Morgan fingerprint density at radius 1 is 1.36 bits per heavy atom. The van der Waals surface area contributed by atoms with Crippen LogP contribution in [0.2, 0.25) is 0 Å². The fourth-order valence-electron chi connectivity index (χ4n) is 4.03. The van der Waals surface area contributed by atoms with Crippen LogP contribution in [0.1, 0.15) is 50.3 Å². The van der Waals surface area contributed by atoms with Gasteiger partial charge in [-0.25, -0.2) is 4.98 Å². The second-order valence-corrected chi connectivity index (χ2v) is 7.45. The first-order chi connectivity index (χ1) is 12.0. The van der Waals surface area contributed by atoms with Gasteiger partial charge in [-0.15, -0.1) is 0 Å². The van der Waals surface area contributed by atoms with Crippen LogP contribution >= 0.6 is 0 Å². The maximum atomic E-state index is 12.9. The van der Waals surface area contributed by atoms with Crippen molar-refractivity contribution in [1.82, 2.24) is 9.88 Å². The second kappa shape index (κ2) is 7.01. The molecule has 1 unspecified atom stereocenters. The van der Waals surface area contributed by atoms with Crippen LogP contribution in [0, 0.1) is 16.7 Å². The fraction of sp³-hybridized carbons (Fsp3) is 0.632. The van der Waals surface area contributed by atoms with Crippen LogP contribution in [-0.4, -0.2) is 53.7 Å². The molecule has 2 aliphatic heterocycles. The molecule has 2 fully saturated rings. The first-order valence-electron chi connectivity index (χ1n) is 9.07. The van der Waals surface area contributed by atoms with E-state index in [-0.39, 0.29) is 12.5 Å². The van der Waals surface area contributed by atoms with Gasteiger partial charge in [0.15, 0.2) is 0 Å². The van der Waals surface area contributed by atoms with Crippen molar-refractivity contribution in [1.29, 1.82) is 5.26 Å². The van der Waals surface area contributed by atoms with E-state index in [9.17, 15) is 15.2 Å². The number of nitrogens with zero attached hydrogens (tertiary/aromatic N) is 4. The number of carbonyl (C=O) groups is 1. The van der Waals surface area contributed by atoms with Gasteiger partial charge in [-0.1, -0.05) is 13.8 Å². The standard InChI is InChI=1S/C19H26N4O2/c1-14(2)16-5-4-15(12-20)17(21-16)23-9-7-19(13-23)6-3-8-22(10-11-24)18(19)25/h4-5,14,24H,3,6-11,13H2,1-2H3. The zero-order chi connectivity index (χ0) is 18.0. The van der Waals surface area contributed by atoms with Crippen LogP contribution in [0.4, 0.5) is 5.82 Å². The molecular weight excluding hydrogens is 316 g/mol. The number of aromatic nitrogens is 1. The molecule has 0 aromatic carbocycles. The molecule has 0 radical (unpaired) electrons. The molecule has 1 aromatic heterocycles.